The smallest absolute Gasteiger partial charge is 0.270 e. The van der Waals surface area contributed by atoms with Gasteiger partial charge in [-0.05, 0) is 43.2 Å². The first-order chi connectivity index (χ1) is 11.0. The maximum Gasteiger partial charge on any atom is 0.270 e. The van der Waals surface area contributed by atoms with Crippen LogP contribution in [0, 0.1) is 11.8 Å². The summed E-state index contributed by atoms with van der Waals surface area (Å²) in [6, 6.07) is 3.43. The second-order valence-corrected chi connectivity index (χ2v) is 8.68. The van der Waals surface area contributed by atoms with Crippen molar-refractivity contribution in [3.8, 4) is 0 Å². The average molecular weight is 358 g/mol. The highest BCUT2D eigenvalue weighted by Gasteiger charge is 2.45. The van der Waals surface area contributed by atoms with Gasteiger partial charge in [-0.15, -0.1) is 0 Å². The second-order valence-electron chi connectivity index (χ2n) is 6.94. The van der Waals surface area contributed by atoms with Crippen molar-refractivity contribution < 1.29 is 22.0 Å². The Morgan fingerprint density at radius 2 is 1.92 bits per heavy atom. The Balaban J connectivity index is 1.90. The van der Waals surface area contributed by atoms with Crippen LogP contribution in [0.1, 0.15) is 42.1 Å². The standard InChI is InChI=1S/C16H20F2N2O3S/c1-16(17,18)11-3-4-13(20-24(2,22)23)12(8-11)15(21)19-14-7-9-5-10(14)6-9/h3-4,8-10,14,20H,5-7H2,1-2H3,(H,19,21). The van der Waals surface area contributed by atoms with Crippen LogP contribution >= 0.6 is 0 Å². The minimum Gasteiger partial charge on any atom is -0.349 e. The summed E-state index contributed by atoms with van der Waals surface area (Å²) < 4.78 is 52.3. The van der Waals surface area contributed by atoms with Crippen molar-refractivity contribution in [3.63, 3.8) is 0 Å². The van der Waals surface area contributed by atoms with E-state index in [1.54, 1.807) is 0 Å². The fraction of sp³-hybridized carbons (Fsp3) is 0.562. The highest BCUT2D eigenvalue weighted by molar-refractivity contribution is 7.92. The summed E-state index contributed by atoms with van der Waals surface area (Å²) in [5.74, 6) is -2.56. The third-order valence-electron chi connectivity index (χ3n) is 4.81. The molecule has 5 nitrogen and oxygen atoms in total. The molecule has 1 unspecified atom stereocenters. The second kappa shape index (κ2) is 5.68. The summed E-state index contributed by atoms with van der Waals surface area (Å²) in [5.41, 5.74) is -0.403. The maximum absolute atomic E-state index is 13.6. The summed E-state index contributed by atoms with van der Waals surface area (Å²) >= 11 is 0. The quantitative estimate of drug-likeness (QED) is 0.850. The molecule has 3 fully saturated rings. The Morgan fingerprint density at radius 1 is 1.25 bits per heavy atom. The van der Waals surface area contributed by atoms with E-state index >= 15 is 0 Å². The molecular weight excluding hydrogens is 338 g/mol. The lowest BCUT2D eigenvalue weighted by Crippen LogP contribution is -2.37. The number of halogens is 2. The highest BCUT2D eigenvalue weighted by atomic mass is 32.2. The van der Waals surface area contributed by atoms with Gasteiger partial charge in [-0.1, -0.05) is 6.07 Å². The van der Waals surface area contributed by atoms with E-state index in [0.717, 1.165) is 44.6 Å². The van der Waals surface area contributed by atoms with Crippen LogP contribution in [0.2, 0.25) is 0 Å². The molecule has 3 saturated carbocycles. The lowest BCUT2D eigenvalue weighted by Gasteiger charge is -2.25. The number of nitrogens with one attached hydrogen (secondary N) is 2. The Hall–Kier alpha value is -1.70. The summed E-state index contributed by atoms with van der Waals surface area (Å²) in [5, 5.41) is 2.87. The molecular formula is C16H20F2N2O3S. The number of hydrogen-bond donors (Lipinski definition) is 2. The van der Waals surface area contributed by atoms with Gasteiger partial charge < -0.3 is 5.32 Å². The van der Waals surface area contributed by atoms with E-state index in [9.17, 15) is 22.0 Å². The third kappa shape index (κ3) is 3.53. The number of carbonyl (C=O) groups is 1. The van der Waals surface area contributed by atoms with Gasteiger partial charge in [0.1, 0.15) is 0 Å². The summed E-state index contributed by atoms with van der Waals surface area (Å²) in [7, 11) is -3.63. The summed E-state index contributed by atoms with van der Waals surface area (Å²) in [4.78, 5) is 12.6. The molecule has 1 aromatic carbocycles. The van der Waals surface area contributed by atoms with Gasteiger partial charge >= 0.3 is 0 Å². The van der Waals surface area contributed by atoms with E-state index < -0.39 is 21.9 Å². The van der Waals surface area contributed by atoms with Crippen LogP contribution in [0.3, 0.4) is 0 Å². The van der Waals surface area contributed by atoms with Crippen molar-refractivity contribution in [2.24, 2.45) is 11.8 Å². The van der Waals surface area contributed by atoms with Gasteiger partial charge in [0.2, 0.25) is 10.0 Å². The van der Waals surface area contributed by atoms with Gasteiger partial charge in [-0.2, -0.15) is 0 Å². The van der Waals surface area contributed by atoms with E-state index in [-0.39, 0.29) is 22.9 Å². The van der Waals surface area contributed by atoms with Crippen molar-refractivity contribution in [2.75, 3.05) is 11.0 Å². The minimum absolute atomic E-state index is 0.00773. The Labute approximate surface area is 139 Å². The monoisotopic (exact) mass is 358 g/mol. The molecule has 3 aliphatic carbocycles. The van der Waals surface area contributed by atoms with Crippen LogP contribution in [-0.4, -0.2) is 26.6 Å². The van der Waals surface area contributed by atoms with E-state index in [2.05, 4.69) is 10.0 Å². The summed E-state index contributed by atoms with van der Waals surface area (Å²) in [6.07, 6.45) is 4.02. The number of fused-ring (bicyclic) bond motifs is 1. The first-order valence-corrected chi connectivity index (χ1v) is 9.73. The molecule has 2 bridgehead atoms. The molecule has 1 atom stereocenters. The van der Waals surface area contributed by atoms with Crippen LogP contribution in [0.25, 0.3) is 0 Å². The molecule has 3 aliphatic rings. The molecule has 1 aromatic rings. The zero-order chi connectivity index (χ0) is 17.7. The molecule has 0 saturated heterocycles. The summed E-state index contributed by atoms with van der Waals surface area (Å²) in [6.45, 7) is 0.736. The molecule has 4 rings (SSSR count). The number of amides is 1. The predicted octanol–water partition coefficient (Wildman–Crippen LogP) is 2.70. The van der Waals surface area contributed by atoms with Crippen molar-refractivity contribution in [2.45, 2.75) is 38.2 Å². The average Bonchev–Trinajstić information content (AvgIpc) is 2.94. The van der Waals surface area contributed by atoms with Crippen molar-refractivity contribution >= 4 is 21.6 Å². The Bertz CT molecular complexity index is 768. The van der Waals surface area contributed by atoms with Crippen molar-refractivity contribution in [3.05, 3.63) is 29.3 Å². The van der Waals surface area contributed by atoms with Crippen LogP contribution in [0.5, 0.6) is 0 Å². The number of carbonyl (C=O) groups excluding carboxylic acids is 1. The number of hydrogen-bond acceptors (Lipinski definition) is 3. The van der Waals surface area contributed by atoms with Crippen LogP contribution in [-0.2, 0) is 15.9 Å². The molecule has 0 heterocycles. The number of anilines is 1. The first kappa shape index (κ1) is 17.1. The molecule has 0 aromatic heterocycles. The van der Waals surface area contributed by atoms with Crippen LogP contribution < -0.4 is 10.0 Å². The molecule has 0 aliphatic heterocycles. The molecule has 8 heteroatoms. The fourth-order valence-corrected chi connectivity index (χ4v) is 4.15. The largest absolute Gasteiger partial charge is 0.349 e. The van der Waals surface area contributed by atoms with E-state index in [1.807, 2.05) is 0 Å². The zero-order valence-corrected chi connectivity index (χ0v) is 14.3. The van der Waals surface area contributed by atoms with Gasteiger partial charge in [0.15, 0.2) is 0 Å². The fourth-order valence-electron chi connectivity index (χ4n) is 3.58. The first-order valence-electron chi connectivity index (χ1n) is 7.84. The zero-order valence-electron chi connectivity index (χ0n) is 13.5. The minimum atomic E-state index is -3.63. The molecule has 0 radical (unpaired) electrons. The van der Waals surface area contributed by atoms with E-state index in [0.29, 0.717) is 11.8 Å². The van der Waals surface area contributed by atoms with Crippen LogP contribution in [0.4, 0.5) is 14.5 Å². The lowest BCUT2D eigenvalue weighted by molar-refractivity contribution is 0.0174. The molecule has 0 spiro atoms. The molecule has 2 N–H and O–H groups in total. The number of rotatable bonds is 5. The number of benzene rings is 1. The SMILES string of the molecule is CC(F)(F)c1ccc(NS(C)(=O)=O)c(C(=O)NC2CC3CC2C3)c1. The van der Waals surface area contributed by atoms with Gasteiger partial charge in [0.05, 0.1) is 17.5 Å². The highest BCUT2D eigenvalue weighted by Crippen LogP contribution is 2.48. The Morgan fingerprint density at radius 3 is 2.42 bits per heavy atom. The van der Waals surface area contributed by atoms with Crippen molar-refractivity contribution in [1.82, 2.24) is 5.32 Å². The van der Waals surface area contributed by atoms with Crippen molar-refractivity contribution in [1.29, 1.82) is 0 Å². The molecule has 24 heavy (non-hydrogen) atoms. The topological polar surface area (TPSA) is 75.3 Å². The van der Waals surface area contributed by atoms with Gasteiger partial charge in [-0.25, -0.2) is 17.2 Å². The van der Waals surface area contributed by atoms with E-state index in [1.165, 1.54) is 6.07 Å². The predicted molar refractivity (Wildman–Crippen MR) is 86.6 cm³/mol. The van der Waals surface area contributed by atoms with E-state index in [4.69, 9.17) is 0 Å². The normalized spacial score (nSPS) is 25.9. The number of sulfonamides is 1. The molecule has 1 amide bonds. The lowest BCUT2D eigenvalue weighted by atomic mass is 9.84. The Kier molecular flexibility index (Phi) is 4.06. The van der Waals surface area contributed by atoms with Gasteiger partial charge in [-0.3, -0.25) is 9.52 Å². The molecule has 132 valence electrons. The number of alkyl halides is 2. The van der Waals surface area contributed by atoms with Gasteiger partial charge in [0.25, 0.3) is 11.8 Å². The maximum atomic E-state index is 13.6. The third-order valence-corrected chi connectivity index (χ3v) is 5.40. The van der Waals surface area contributed by atoms with Gasteiger partial charge in [0, 0.05) is 18.5 Å². The van der Waals surface area contributed by atoms with Crippen LogP contribution in [0.15, 0.2) is 18.2 Å².